The minimum atomic E-state index is 0.368. The van der Waals surface area contributed by atoms with Gasteiger partial charge >= 0.3 is 0 Å². The van der Waals surface area contributed by atoms with Crippen LogP contribution in [0.2, 0.25) is 0 Å². The summed E-state index contributed by atoms with van der Waals surface area (Å²) >= 11 is 8.03. The molecule has 0 fully saturated rings. The van der Waals surface area contributed by atoms with Crippen LogP contribution in [0.5, 0.6) is 0 Å². The van der Waals surface area contributed by atoms with Crippen LogP contribution < -0.4 is 0 Å². The number of alkyl halides is 1. The SMILES string of the molecule is CCCC(Cl)CCc1ccc(C)s1. The second-order valence-electron chi connectivity index (χ2n) is 3.44. The first kappa shape index (κ1) is 11.1. The molecule has 1 atom stereocenters. The van der Waals surface area contributed by atoms with Gasteiger partial charge in [0.2, 0.25) is 0 Å². The molecule has 13 heavy (non-hydrogen) atoms. The van der Waals surface area contributed by atoms with Crippen LogP contribution in [0.25, 0.3) is 0 Å². The lowest BCUT2D eigenvalue weighted by Gasteiger charge is -2.05. The van der Waals surface area contributed by atoms with E-state index in [-0.39, 0.29) is 0 Å². The topological polar surface area (TPSA) is 0 Å². The molecule has 2 heteroatoms. The van der Waals surface area contributed by atoms with Crippen LogP contribution in [0.15, 0.2) is 12.1 Å². The van der Waals surface area contributed by atoms with Gasteiger partial charge in [0.05, 0.1) is 0 Å². The maximum absolute atomic E-state index is 6.14. The Hall–Kier alpha value is -0.0100. The van der Waals surface area contributed by atoms with Gasteiger partial charge in [-0.15, -0.1) is 22.9 Å². The molecule has 0 saturated carbocycles. The fourth-order valence-corrected chi connectivity index (χ4v) is 2.61. The number of rotatable bonds is 5. The molecule has 1 unspecified atom stereocenters. The van der Waals surface area contributed by atoms with Crippen molar-refractivity contribution in [2.24, 2.45) is 0 Å². The largest absolute Gasteiger partial charge is 0.146 e. The zero-order valence-electron chi connectivity index (χ0n) is 8.35. The van der Waals surface area contributed by atoms with Crippen molar-refractivity contribution in [3.63, 3.8) is 0 Å². The maximum atomic E-state index is 6.14. The number of hydrogen-bond acceptors (Lipinski definition) is 1. The molecule has 0 aliphatic carbocycles. The minimum Gasteiger partial charge on any atom is -0.146 e. The molecule has 0 saturated heterocycles. The molecule has 1 aromatic rings. The van der Waals surface area contributed by atoms with E-state index in [1.807, 2.05) is 11.3 Å². The van der Waals surface area contributed by atoms with Gasteiger partial charge in [-0.1, -0.05) is 13.3 Å². The zero-order chi connectivity index (χ0) is 9.68. The maximum Gasteiger partial charge on any atom is 0.0339 e. The van der Waals surface area contributed by atoms with E-state index in [2.05, 4.69) is 26.0 Å². The average molecular weight is 217 g/mol. The van der Waals surface area contributed by atoms with E-state index in [0.29, 0.717) is 5.38 Å². The van der Waals surface area contributed by atoms with Crippen molar-refractivity contribution in [2.75, 3.05) is 0 Å². The molecule has 0 spiro atoms. The molecular weight excluding hydrogens is 200 g/mol. The van der Waals surface area contributed by atoms with E-state index in [1.165, 1.54) is 16.2 Å². The lowest BCUT2D eigenvalue weighted by molar-refractivity contribution is 0.679. The summed E-state index contributed by atoms with van der Waals surface area (Å²) in [7, 11) is 0. The Balaban J connectivity index is 2.26. The molecule has 74 valence electrons. The zero-order valence-corrected chi connectivity index (χ0v) is 9.92. The third kappa shape index (κ3) is 4.15. The summed E-state index contributed by atoms with van der Waals surface area (Å²) in [6, 6.07) is 4.40. The first-order chi connectivity index (χ1) is 6.22. The Labute approximate surface area is 89.9 Å². The molecule has 0 aromatic carbocycles. The van der Waals surface area contributed by atoms with Crippen molar-refractivity contribution in [3.8, 4) is 0 Å². The third-order valence-corrected chi connectivity index (χ3v) is 3.60. The van der Waals surface area contributed by atoms with Crippen LogP contribution in [-0.4, -0.2) is 5.38 Å². The second kappa shape index (κ2) is 5.66. The average Bonchev–Trinajstić information content (AvgIpc) is 2.49. The fraction of sp³-hybridized carbons (Fsp3) is 0.636. The van der Waals surface area contributed by atoms with E-state index in [4.69, 9.17) is 11.6 Å². The van der Waals surface area contributed by atoms with E-state index < -0.39 is 0 Å². The summed E-state index contributed by atoms with van der Waals surface area (Å²) in [5, 5.41) is 0.368. The number of thiophene rings is 1. The highest BCUT2D eigenvalue weighted by Crippen LogP contribution is 2.19. The van der Waals surface area contributed by atoms with Crippen molar-refractivity contribution in [3.05, 3.63) is 21.9 Å². The van der Waals surface area contributed by atoms with Gasteiger partial charge in [0, 0.05) is 15.1 Å². The number of hydrogen-bond donors (Lipinski definition) is 0. The number of aryl methyl sites for hydroxylation is 2. The van der Waals surface area contributed by atoms with Crippen molar-refractivity contribution in [2.45, 2.75) is 44.9 Å². The van der Waals surface area contributed by atoms with Gasteiger partial charge in [-0.3, -0.25) is 0 Å². The summed E-state index contributed by atoms with van der Waals surface area (Å²) < 4.78 is 0. The van der Waals surface area contributed by atoms with E-state index in [0.717, 1.165) is 19.3 Å². The van der Waals surface area contributed by atoms with Crippen LogP contribution in [0.3, 0.4) is 0 Å². The van der Waals surface area contributed by atoms with Crippen molar-refractivity contribution < 1.29 is 0 Å². The molecule has 0 bridgehead atoms. The molecule has 1 rings (SSSR count). The summed E-state index contributed by atoms with van der Waals surface area (Å²) in [5.74, 6) is 0. The van der Waals surface area contributed by atoms with Gasteiger partial charge in [0.15, 0.2) is 0 Å². The normalized spacial score (nSPS) is 13.2. The second-order valence-corrected chi connectivity index (χ2v) is 5.43. The van der Waals surface area contributed by atoms with Crippen LogP contribution in [-0.2, 0) is 6.42 Å². The molecule has 0 N–H and O–H groups in total. The highest BCUT2D eigenvalue weighted by atomic mass is 35.5. The van der Waals surface area contributed by atoms with Crippen LogP contribution in [0.4, 0.5) is 0 Å². The molecule has 1 aromatic heterocycles. The van der Waals surface area contributed by atoms with Crippen molar-refractivity contribution in [1.82, 2.24) is 0 Å². The van der Waals surface area contributed by atoms with Gasteiger partial charge in [-0.05, 0) is 38.3 Å². The summed E-state index contributed by atoms with van der Waals surface area (Å²) in [4.78, 5) is 2.87. The van der Waals surface area contributed by atoms with Crippen LogP contribution in [0, 0.1) is 6.92 Å². The van der Waals surface area contributed by atoms with Crippen LogP contribution >= 0.6 is 22.9 Å². The Morgan fingerprint density at radius 1 is 1.38 bits per heavy atom. The number of halogens is 1. The highest BCUT2D eigenvalue weighted by molar-refractivity contribution is 7.11. The Bertz CT molecular complexity index is 242. The standard InChI is InChI=1S/C11H17ClS/c1-3-4-10(12)6-8-11-7-5-9(2)13-11/h5,7,10H,3-4,6,8H2,1-2H3. The van der Waals surface area contributed by atoms with E-state index >= 15 is 0 Å². The molecule has 0 aliphatic rings. The molecular formula is C11H17ClS. The molecule has 1 heterocycles. The summed E-state index contributed by atoms with van der Waals surface area (Å²) in [5.41, 5.74) is 0. The molecule has 0 radical (unpaired) electrons. The van der Waals surface area contributed by atoms with Gasteiger partial charge in [0.1, 0.15) is 0 Å². The molecule has 0 aliphatic heterocycles. The van der Waals surface area contributed by atoms with Crippen molar-refractivity contribution in [1.29, 1.82) is 0 Å². The lowest BCUT2D eigenvalue weighted by Crippen LogP contribution is -1.98. The molecule has 0 nitrogen and oxygen atoms in total. The predicted molar refractivity (Wildman–Crippen MR) is 61.9 cm³/mol. The lowest BCUT2D eigenvalue weighted by atomic mass is 10.1. The highest BCUT2D eigenvalue weighted by Gasteiger charge is 2.04. The van der Waals surface area contributed by atoms with Gasteiger partial charge in [-0.25, -0.2) is 0 Å². The summed E-state index contributed by atoms with van der Waals surface area (Å²) in [6.07, 6.45) is 4.60. The minimum absolute atomic E-state index is 0.368. The monoisotopic (exact) mass is 216 g/mol. The first-order valence-corrected chi connectivity index (χ1v) is 6.17. The Kier molecular flexibility index (Phi) is 4.82. The van der Waals surface area contributed by atoms with E-state index in [1.54, 1.807) is 0 Å². The summed E-state index contributed by atoms with van der Waals surface area (Å²) in [6.45, 7) is 4.34. The quantitative estimate of drug-likeness (QED) is 0.641. The first-order valence-electron chi connectivity index (χ1n) is 4.91. The fourth-order valence-electron chi connectivity index (χ4n) is 1.38. The third-order valence-electron chi connectivity index (χ3n) is 2.10. The van der Waals surface area contributed by atoms with Crippen LogP contribution in [0.1, 0.15) is 35.9 Å². The molecule has 0 amide bonds. The van der Waals surface area contributed by atoms with E-state index in [9.17, 15) is 0 Å². The van der Waals surface area contributed by atoms with Gasteiger partial charge in [0.25, 0.3) is 0 Å². The van der Waals surface area contributed by atoms with Crippen molar-refractivity contribution >= 4 is 22.9 Å². The van der Waals surface area contributed by atoms with Gasteiger partial charge < -0.3 is 0 Å². The Morgan fingerprint density at radius 3 is 2.69 bits per heavy atom. The smallest absolute Gasteiger partial charge is 0.0339 e. The predicted octanol–water partition coefficient (Wildman–Crippen LogP) is 4.40. The Morgan fingerprint density at radius 2 is 2.15 bits per heavy atom. The van der Waals surface area contributed by atoms with Gasteiger partial charge in [-0.2, -0.15) is 0 Å².